The first kappa shape index (κ1) is 12.8. The van der Waals surface area contributed by atoms with Gasteiger partial charge in [0.05, 0.1) is 13.2 Å². The van der Waals surface area contributed by atoms with E-state index in [9.17, 15) is 9.59 Å². The molecule has 1 fully saturated rings. The van der Waals surface area contributed by atoms with E-state index in [0.29, 0.717) is 6.42 Å². The first-order valence-corrected chi connectivity index (χ1v) is 5.77. The third kappa shape index (κ3) is 4.08. The Morgan fingerprint density at radius 3 is 2.62 bits per heavy atom. The van der Waals surface area contributed by atoms with Crippen molar-refractivity contribution in [2.75, 3.05) is 7.11 Å². The monoisotopic (exact) mass is 228 g/mol. The lowest BCUT2D eigenvalue weighted by Crippen LogP contribution is -2.30. The summed E-state index contributed by atoms with van der Waals surface area (Å²) in [6.07, 6.45) is 4.32. The van der Waals surface area contributed by atoms with Gasteiger partial charge in [-0.3, -0.25) is 4.79 Å². The SMILES string of the molecule is COC(=O)CCCCC[C@@H]1NC(=O)N[C@H]1C. The van der Waals surface area contributed by atoms with Gasteiger partial charge in [0.15, 0.2) is 0 Å². The molecule has 0 bridgehead atoms. The number of methoxy groups -OCH3 is 1. The summed E-state index contributed by atoms with van der Waals surface area (Å²) >= 11 is 0. The van der Waals surface area contributed by atoms with Crippen LogP contribution in [0.4, 0.5) is 4.79 Å². The van der Waals surface area contributed by atoms with Gasteiger partial charge in [0.1, 0.15) is 0 Å². The molecule has 0 saturated carbocycles. The smallest absolute Gasteiger partial charge is 0.315 e. The highest BCUT2D eigenvalue weighted by atomic mass is 16.5. The van der Waals surface area contributed by atoms with Crippen LogP contribution in [-0.2, 0) is 9.53 Å². The maximum Gasteiger partial charge on any atom is 0.315 e. The Morgan fingerprint density at radius 2 is 2.06 bits per heavy atom. The topological polar surface area (TPSA) is 67.4 Å². The third-order valence-corrected chi connectivity index (χ3v) is 2.90. The second kappa shape index (κ2) is 6.35. The van der Waals surface area contributed by atoms with Crippen molar-refractivity contribution >= 4 is 12.0 Å². The summed E-state index contributed by atoms with van der Waals surface area (Å²) in [5.41, 5.74) is 0. The van der Waals surface area contributed by atoms with Crippen molar-refractivity contribution in [1.82, 2.24) is 10.6 Å². The van der Waals surface area contributed by atoms with Crippen molar-refractivity contribution in [3.63, 3.8) is 0 Å². The molecule has 0 unspecified atom stereocenters. The van der Waals surface area contributed by atoms with Gasteiger partial charge in [-0.15, -0.1) is 0 Å². The van der Waals surface area contributed by atoms with Crippen molar-refractivity contribution in [3.05, 3.63) is 0 Å². The largest absolute Gasteiger partial charge is 0.469 e. The number of amides is 2. The number of unbranched alkanes of at least 4 members (excludes halogenated alkanes) is 2. The first-order chi connectivity index (χ1) is 7.63. The predicted octanol–water partition coefficient (Wildman–Crippen LogP) is 1.18. The molecule has 0 aliphatic carbocycles. The molecule has 5 heteroatoms. The van der Waals surface area contributed by atoms with Gasteiger partial charge in [0.2, 0.25) is 0 Å². The van der Waals surface area contributed by atoms with Gasteiger partial charge >= 0.3 is 12.0 Å². The highest BCUT2D eigenvalue weighted by Gasteiger charge is 2.26. The molecule has 1 heterocycles. The van der Waals surface area contributed by atoms with Gasteiger partial charge in [-0.2, -0.15) is 0 Å². The fourth-order valence-electron chi connectivity index (χ4n) is 1.88. The Morgan fingerprint density at radius 1 is 1.31 bits per heavy atom. The summed E-state index contributed by atoms with van der Waals surface area (Å²) in [5.74, 6) is -0.149. The fourth-order valence-corrected chi connectivity index (χ4v) is 1.88. The standard InChI is InChI=1S/C11H20N2O3/c1-8-9(13-11(15)12-8)6-4-3-5-7-10(14)16-2/h8-9H,3-7H2,1-2H3,(H2,12,13,15)/t8-,9-/m0/s1. The number of hydrogen-bond donors (Lipinski definition) is 2. The zero-order chi connectivity index (χ0) is 12.0. The highest BCUT2D eigenvalue weighted by molar-refractivity contribution is 5.77. The number of urea groups is 1. The van der Waals surface area contributed by atoms with Crippen LogP contribution >= 0.6 is 0 Å². The summed E-state index contributed by atoms with van der Waals surface area (Å²) in [5, 5.41) is 5.68. The van der Waals surface area contributed by atoms with Crippen LogP contribution in [0.25, 0.3) is 0 Å². The Kier molecular flexibility index (Phi) is 5.08. The van der Waals surface area contributed by atoms with Gasteiger partial charge in [-0.25, -0.2) is 4.79 Å². The van der Waals surface area contributed by atoms with E-state index in [0.717, 1.165) is 25.7 Å². The average molecular weight is 228 g/mol. The van der Waals surface area contributed by atoms with E-state index < -0.39 is 0 Å². The zero-order valence-corrected chi connectivity index (χ0v) is 9.91. The minimum atomic E-state index is -0.149. The van der Waals surface area contributed by atoms with E-state index >= 15 is 0 Å². The molecule has 0 radical (unpaired) electrons. The number of carbonyl (C=O) groups is 2. The molecular formula is C11H20N2O3. The molecule has 1 saturated heterocycles. The number of esters is 1. The lowest BCUT2D eigenvalue weighted by atomic mass is 10.0. The van der Waals surface area contributed by atoms with Crippen LogP contribution in [0.5, 0.6) is 0 Å². The van der Waals surface area contributed by atoms with E-state index in [1.165, 1.54) is 7.11 Å². The Bertz CT molecular complexity index is 256. The zero-order valence-electron chi connectivity index (χ0n) is 9.91. The quantitative estimate of drug-likeness (QED) is 0.530. The van der Waals surface area contributed by atoms with E-state index in [1.54, 1.807) is 0 Å². The normalized spacial score (nSPS) is 23.8. The van der Waals surface area contributed by atoms with Gasteiger partial charge in [-0.05, 0) is 19.8 Å². The Hall–Kier alpha value is -1.26. The first-order valence-electron chi connectivity index (χ1n) is 5.77. The molecule has 92 valence electrons. The molecule has 2 atom stereocenters. The number of rotatable bonds is 6. The van der Waals surface area contributed by atoms with E-state index in [-0.39, 0.29) is 24.1 Å². The Balaban J connectivity index is 2.03. The summed E-state index contributed by atoms with van der Waals surface area (Å²) in [6, 6.07) is 0.353. The van der Waals surface area contributed by atoms with Crippen molar-refractivity contribution in [3.8, 4) is 0 Å². The van der Waals surface area contributed by atoms with Crippen molar-refractivity contribution < 1.29 is 14.3 Å². The lowest BCUT2D eigenvalue weighted by molar-refractivity contribution is -0.140. The minimum Gasteiger partial charge on any atom is -0.469 e. The van der Waals surface area contributed by atoms with Crippen LogP contribution < -0.4 is 10.6 Å². The molecule has 0 aromatic rings. The van der Waals surface area contributed by atoms with Gasteiger partial charge < -0.3 is 15.4 Å². The molecule has 1 aliphatic heterocycles. The third-order valence-electron chi connectivity index (χ3n) is 2.90. The second-order valence-electron chi connectivity index (χ2n) is 4.19. The summed E-state index contributed by atoms with van der Waals surface area (Å²) in [6.45, 7) is 2.00. The van der Waals surface area contributed by atoms with Crippen LogP contribution in [0.2, 0.25) is 0 Å². The summed E-state index contributed by atoms with van der Waals surface area (Å²) in [7, 11) is 1.41. The molecule has 5 nitrogen and oxygen atoms in total. The second-order valence-corrected chi connectivity index (χ2v) is 4.19. The molecule has 1 aliphatic rings. The van der Waals surface area contributed by atoms with Crippen molar-refractivity contribution in [2.24, 2.45) is 0 Å². The minimum absolute atomic E-state index is 0.0768. The maximum atomic E-state index is 11.0. The fraction of sp³-hybridized carbons (Fsp3) is 0.818. The summed E-state index contributed by atoms with van der Waals surface area (Å²) in [4.78, 5) is 21.8. The molecule has 0 aromatic carbocycles. The maximum absolute atomic E-state index is 11.0. The van der Waals surface area contributed by atoms with E-state index in [1.807, 2.05) is 6.92 Å². The molecule has 16 heavy (non-hydrogen) atoms. The lowest BCUT2D eigenvalue weighted by Gasteiger charge is -2.13. The molecule has 0 aromatic heterocycles. The molecular weight excluding hydrogens is 208 g/mol. The summed E-state index contributed by atoms with van der Waals surface area (Å²) < 4.78 is 4.56. The highest BCUT2D eigenvalue weighted by Crippen LogP contribution is 2.11. The van der Waals surface area contributed by atoms with Crippen molar-refractivity contribution in [2.45, 2.75) is 51.1 Å². The van der Waals surface area contributed by atoms with Crippen LogP contribution in [0.15, 0.2) is 0 Å². The van der Waals surface area contributed by atoms with Gasteiger partial charge in [0.25, 0.3) is 0 Å². The Labute approximate surface area is 95.9 Å². The number of nitrogens with one attached hydrogen (secondary N) is 2. The average Bonchev–Trinajstić information content (AvgIpc) is 2.56. The van der Waals surface area contributed by atoms with E-state index in [4.69, 9.17) is 0 Å². The van der Waals surface area contributed by atoms with E-state index in [2.05, 4.69) is 15.4 Å². The van der Waals surface area contributed by atoms with Crippen molar-refractivity contribution in [1.29, 1.82) is 0 Å². The number of carbonyl (C=O) groups excluding carboxylic acids is 2. The number of hydrogen-bond acceptors (Lipinski definition) is 3. The van der Waals surface area contributed by atoms with Gasteiger partial charge in [0, 0.05) is 12.5 Å². The molecule has 2 N–H and O–H groups in total. The van der Waals surface area contributed by atoms with Crippen LogP contribution in [0, 0.1) is 0 Å². The van der Waals surface area contributed by atoms with Gasteiger partial charge in [-0.1, -0.05) is 12.8 Å². The molecule has 0 spiro atoms. The molecule has 2 amide bonds. The predicted molar refractivity (Wildman–Crippen MR) is 60.0 cm³/mol. The van der Waals surface area contributed by atoms with Crippen LogP contribution in [0.1, 0.15) is 39.0 Å². The van der Waals surface area contributed by atoms with Crippen LogP contribution in [0.3, 0.4) is 0 Å². The van der Waals surface area contributed by atoms with Crippen LogP contribution in [-0.4, -0.2) is 31.2 Å². The molecule has 1 rings (SSSR count). The number of ether oxygens (including phenoxy) is 1.